The van der Waals surface area contributed by atoms with Gasteiger partial charge in [0.25, 0.3) is 0 Å². The number of fused-ring (bicyclic) bond motifs is 2. The Kier molecular flexibility index (Phi) is 4.26. The molecule has 0 saturated carbocycles. The number of nitrogen functional groups attached to an aromatic ring is 1. The fourth-order valence-corrected chi connectivity index (χ4v) is 3.76. The molecule has 0 heterocycles. The van der Waals surface area contributed by atoms with Crippen LogP contribution in [0.15, 0.2) is 113 Å². The van der Waals surface area contributed by atoms with Gasteiger partial charge in [0.2, 0.25) is 0 Å². The summed E-state index contributed by atoms with van der Waals surface area (Å²) < 4.78 is 0. The van der Waals surface area contributed by atoms with Crippen molar-refractivity contribution < 1.29 is 0 Å². The average molecular weight is 373 g/mol. The van der Waals surface area contributed by atoms with Crippen LogP contribution in [0, 0.1) is 0 Å². The largest absolute Gasteiger partial charge is 0.398 e. The first-order chi connectivity index (χ1) is 14.3. The van der Waals surface area contributed by atoms with E-state index in [1.165, 1.54) is 0 Å². The van der Waals surface area contributed by atoms with Gasteiger partial charge in [-0.3, -0.25) is 0 Å². The lowest BCUT2D eigenvalue weighted by atomic mass is 9.97. The zero-order chi connectivity index (χ0) is 19.6. The summed E-state index contributed by atoms with van der Waals surface area (Å²) in [4.78, 5) is 0. The Bertz CT molecular complexity index is 1350. The second-order valence-electron chi connectivity index (χ2n) is 6.97. The third-order valence-electron chi connectivity index (χ3n) is 5.14. The smallest absolute Gasteiger partial charge is 0.103 e. The lowest BCUT2D eigenvalue weighted by Crippen LogP contribution is -1.92. The van der Waals surface area contributed by atoms with E-state index < -0.39 is 0 Å². The summed E-state index contributed by atoms with van der Waals surface area (Å²) in [7, 11) is 0. The average Bonchev–Trinajstić information content (AvgIpc) is 2.77. The van der Waals surface area contributed by atoms with Crippen LogP contribution in [0.25, 0.3) is 32.7 Å². The van der Waals surface area contributed by atoms with Crippen LogP contribution in [0.4, 0.5) is 17.1 Å². The zero-order valence-electron chi connectivity index (χ0n) is 15.8. The molecule has 0 aromatic heterocycles. The highest BCUT2D eigenvalue weighted by molar-refractivity contribution is 6.05. The van der Waals surface area contributed by atoms with Gasteiger partial charge in [-0.15, -0.1) is 10.2 Å². The fraction of sp³-hybridized carbons (Fsp3) is 0. The Labute approximate surface area is 169 Å². The lowest BCUT2D eigenvalue weighted by Gasteiger charge is -2.12. The second kappa shape index (κ2) is 7.21. The number of nitrogens with two attached hydrogens (primary N) is 1. The van der Waals surface area contributed by atoms with Crippen molar-refractivity contribution >= 4 is 38.6 Å². The van der Waals surface area contributed by atoms with Crippen LogP contribution in [0.3, 0.4) is 0 Å². The van der Waals surface area contributed by atoms with Crippen molar-refractivity contribution in [1.82, 2.24) is 0 Å². The molecule has 0 aliphatic heterocycles. The van der Waals surface area contributed by atoms with Gasteiger partial charge in [-0.25, -0.2) is 0 Å². The molecule has 5 aromatic rings. The van der Waals surface area contributed by atoms with Gasteiger partial charge in [0.15, 0.2) is 0 Å². The predicted octanol–water partition coefficient (Wildman–Crippen LogP) is 7.66. The quantitative estimate of drug-likeness (QED) is 0.256. The van der Waals surface area contributed by atoms with Gasteiger partial charge in [0.05, 0.1) is 5.69 Å². The minimum atomic E-state index is 0.696. The molecule has 0 unspecified atom stereocenters. The Morgan fingerprint density at radius 1 is 0.552 bits per heavy atom. The van der Waals surface area contributed by atoms with Crippen molar-refractivity contribution in [2.45, 2.75) is 0 Å². The van der Waals surface area contributed by atoms with Crippen molar-refractivity contribution in [1.29, 1.82) is 0 Å². The molecule has 5 rings (SSSR count). The van der Waals surface area contributed by atoms with Crippen molar-refractivity contribution in [2.24, 2.45) is 10.2 Å². The maximum Gasteiger partial charge on any atom is 0.103 e. The van der Waals surface area contributed by atoms with E-state index in [0.29, 0.717) is 5.69 Å². The van der Waals surface area contributed by atoms with E-state index in [0.717, 1.165) is 44.0 Å². The van der Waals surface area contributed by atoms with Crippen LogP contribution in [0.2, 0.25) is 0 Å². The van der Waals surface area contributed by atoms with Crippen molar-refractivity contribution in [3.8, 4) is 11.1 Å². The summed E-state index contributed by atoms with van der Waals surface area (Å²) in [6.45, 7) is 0. The highest BCUT2D eigenvalue weighted by Crippen LogP contribution is 2.42. The molecule has 0 aliphatic rings. The van der Waals surface area contributed by atoms with Gasteiger partial charge in [-0.05, 0) is 28.5 Å². The van der Waals surface area contributed by atoms with E-state index in [-0.39, 0.29) is 0 Å². The molecule has 0 bridgehead atoms. The fourth-order valence-electron chi connectivity index (χ4n) is 3.76. The molecule has 138 valence electrons. The molecule has 2 N–H and O–H groups in total. The van der Waals surface area contributed by atoms with E-state index in [2.05, 4.69) is 47.6 Å². The van der Waals surface area contributed by atoms with Gasteiger partial charge in [-0.1, -0.05) is 91.0 Å². The molecule has 3 nitrogen and oxygen atoms in total. The summed E-state index contributed by atoms with van der Waals surface area (Å²) in [6, 6.07) is 34.6. The maximum atomic E-state index is 6.48. The van der Waals surface area contributed by atoms with Gasteiger partial charge < -0.3 is 5.73 Å². The monoisotopic (exact) mass is 373 g/mol. The Morgan fingerprint density at radius 2 is 1.21 bits per heavy atom. The maximum absolute atomic E-state index is 6.48. The number of rotatable bonds is 3. The molecule has 0 fully saturated rings. The molecule has 0 radical (unpaired) electrons. The molecule has 5 aromatic carbocycles. The summed E-state index contributed by atoms with van der Waals surface area (Å²) in [5.41, 5.74) is 10.7. The summed E-state index contributed by atoms with van der Waals surface area (Å²) >= 11 is 0. The molecule has 0 aliphatic carbocycles. The molecule has 29 heavy (non-hydrogen) atoms. The molecular weight excluding hydrogens is 354 g/mol. The zero-order valence-corrected chi connectivity index (χ0v) is 15.8. The third kappa shape index (κ3) is 3.13. The number of hydrogen-bond donors (Lipinski definition) is 1. The van der Waals surface area contributed by atoms with E-state index >= 15 is 0 Å². The summed E-state index contributed by atoms with van der Waals surface area (Å²) in [6.07, 6.45) is 0. The first-order valence-electron chi connectivity index (χ1n) is 9.57. The molecule has 3 heteroatoms. The van der Waals surface area contributed by atoms with E-state index in [9.17, 15) is 0 Å². The highest BCUT2D eigenvalue weighted by Gasteiger charge is 2.13. The normalized spacial score (nSPS) is 11.4. The van der Waals surface area contributed by atoms with Gasteiger partial charge >= 0.3 is 0 Å². The number of benzene rings is 5. The van der Waals surface area contributed by atoms with Crippen LogP contribution in [-0.2, 0) is 0 Å². The van der Waals surface area contributed by atoms with Gasteiger partial charge in [0.1, 0.15) is 5.69 Å². The first-order valence-corrected chi connectivity index (χ1v) is 9.57. The van der Waals surface area contributed by atoms with E-state index in [1.54, 1.807) is 0 Å². The van der Waals surface area contributed by atoms with Crippen LogP contribution >= 0.6 is 0 Å². The van der Waals surface area contributed by atoms with Gasteiger partial charge in [0, 0.05) is 22.0 Å². The Balaban J connectivity index is 1.76. The number of hydrogen-bond acceptors (Lipinski definition) is 3. The first kappa shape index (κ1) is 17.1. The van der Waals surface area contributed by atoms with Gasteiger partial charge in [-0.2, -0.15) is 0 Å². The Morgan fingerprint density at radius 3 is 2.03 bits per heavy atom. The molecular formula is C26H19N3. The minimum absolute atomic E-state index is 0.696. The molecule has 0 atom stereocenters. The van der Waals surface area contributed by atoms with Crippen molar-refractivity contribution in [3.05, 3.63) is 103 Å². The topological polar surface area (TPSA) is 50.7 Å². The number of anilines is 1. The van der Waals surface area contributed by atoms with E-state index in [1.807, 2.05) is 60.7 Å². The molecule has 0 amide bonds. The highest BCUT2D eigenvalue weighted by atomic mass is 15.1. The van der Waals surface area contributed by atoms with Crippen LogP contribution in [0.1, 0.15) is 0 Å². The van der Waals surface area contributed by atoms with E-state index in [4.69, 9.17) is 10.8 Å². The summed E-state index contributed by atoms with van der Waals surface area (Å²) in [5.74, 6) is 0. The van der Waals surface area contributed by atoms with Crippen molar-refractivity contribution in [2.75, 3.05) is 5.73 Å². The van der Waals surface area contributed by atoms with Crippen LogP contribution in [-0.4, -0.2) is 0 Å². The lowest BCUT2D eigenvalue weighted by molar-refractivity contribution is 1.25. The summed E-state index contributed by atoms with van der Waals surface area (Å²) in [5, 5.41) is 13.7. The second-order valence-corrected chi connectivity index (χ2v) is 6.97. The number of azo groups is 1. The Hall–Kier alpha value is -3.98. The van der Waals surface area contributed by atoms with Crippen LogP contribution in [0.5, 0.6) is 0 Å². The number of nitrogens with zero attached hydrogens (tertiary/aromatic N) is 2. The minimum Gasteiger partial charge on any atom is -0.398 e. The predicted molar refractivity (Wildman–Crippen MR) is 122 cm³/mol. The SMILES string of the molecule is Nc1cc2ccccc2c(N=Nc2cccc3ccccc23)c1-c1ccccc1. The molecule has 0 spiro atoms. The van der Waals surface area contributed by atoms with Crippen LogP contribution < -0.4 is 5.73 Å². The third-order valence-corrected chi connectivity index (χ3v) is 5.14. The molecule has 0 saturated heterocycles. The standard InChI is InChI=1S/C26H19N3/c27-23-17-20-12-5-7-15-22(20)26(25(23)19-10-2-1-3-11-19)29-28-24-16-8-13-18-9-4-6-14-21(18)24/h1-17H,27H2. The van der Waals surface area contributed by atoms with Crippen molar-refractivity contribution in [3.63, 3.8) is 0 Å².